The second-order valence-electron chi connectivity index (χ2n) is 4.51. The third-order valence-electron chi connectivity index (χ3n) is 2.94. The van der Waals surface area contributed by atoms with Crippen molar-refractivity contribution in [3.05, 3.63) is 57.4 Å². The number of aromatic nitrogens is 1. The molecule has 0 saturated carbocycles. The van der Waals surface area contributed by atoms with E-state index in [1.54, 1.807) is 0 Å². The van der Waals surface area contributed by atoms with E-state index >= 15 is 0 Å². The zero-order valence-electron chi connectivity index (χ0n) is 11.1. The number of pyridine rings is 1. The molecule has 0 bridgehead atoms. The van der Waals surface area contributed by atoms with E-state index in [0.29, 0.717) is 5.56 Å². The van der Waals surface area contributed by atoms with E-state index in [1.807, 2.05) is 26.8 Å². The summed E-state index contributed by atoms with van der Waals surface area (Å²) in [5.74, 6) is 1.38. The van der Waals surface area contributed by atoms with Crippen molar-refractivity contribution < 1.29 is 9.21 Å². The lowest BCUT2D eigenvalue weighted by Crippen LogP contribution is -2.27. The van der Waals surface area contributed by atoms with E-state index in [4.69, 9.17) is 4.42 Å². The Morgan fingerprint density at radius 1 is 1.37 bits per heavy atom. The van der Waals surface area contributed by atoms with E-state index in [0.717, 1.165) is 17.1 Å². The normalized spacial score (nSPS) is 12.2. The van der Waals surface area contributed by atoms with Gasteiger partial charge in [-0.15, -0.1) is 0 Å². The maximum Gasteiger partial charge on any atom is 0.253 e. The first-order valence-corrected chi connectivity index (χ1v) is 6.04. The van der Waals surface area contributed by atoms with Crippen LogP contribution >= 0.6 is 0 Å². The lowest BCUT2D eigenvalue weighted by Gasteiger charge is -2.13. The van der Waals surface area contributed by atoms with E-state index in [1.165, 1.54) is 18.3 Å². The first kappa shape index (κ1) is 13.1. The Morgan fingerprint density at radius 3 is 2.63 bits per heavy atom. The summed E-state index contributed by atoms with van der Waals surface area (Å²) < 4.78 is 5.44. The number of aryl methyl sites for hydroxylation is 2. The molecule has 0 saturated heterocycles. The summed E-state index contributed by atoms with van der Waals surface area (Å²) in [5.41, 5.74) is 1.14. The molecule has 1 amide bonds. The fourth-order valence-corrected chi connectivity index (χ4v) is 1.99. The van der Waals surface area contributed by atoms with E-state index in [-0.39, 0.29) is 17.5 Å². The third-order valence-corrected chi connectivity index (χ3v) is 2.94. The molecular weight excluding hydrogens is 244 g/mol. The van der Waals surface area contributed by atoms with Crippen LogP contribution in [0.15, 0.2) is 33.6 Å². The standard InChI is InChI=1S/C14H16N2O3/c1-8-6-12(10(3)19-8)9(2)16-14(18)11-4-5-13(17)15-7-11/h4-7,9H,1-3H3,(H,15,17)(H,16,18). The van der Waals surface area contributed by atoms with Crippen LogP contribution in [-0.2, 0) is 0 Å². The number of furan rings is 1. The van der Waals surface area contributed by atoms with Crippen LogP contribution in [0.2, 0.25) is 0 Å². The monoisotopic (exact) mass is 260 g/mol. The molecule has 2 N–H and O–H groups in total. The van der Waals surface area contributed by atoms with E-state index in [9.17, 15) is 9.59 Å². The Bertz CT molecular complexity index is 634. The van der Waals surface area contributed by atoms with Crippen molar-refractivity contribution >= 4 is 5.91 Å². The van der Waals surface area contributed by atoms with Crippen molar-refractivity contribution in [2.75, 3.05) is 0 Å². The van der Waals surface area contributed by atoms with Crippen molar-refractivity contribution in [2.24, 2.45) is 0 Å². The maximum atomic E-state index is 12.0. The largest absolute Gasteiger partial charge is 0.466 e. The third kappa shape index (κ3) is 2.93. The van der Waals surface area contributed by atoms with Crippen molar-refractivity contribution in [3.63, 3.8) is 0 Å². The molecule has 5 nitrogen and oxygen atoms in total. The van der Waals surface area contributed by atoms with E-state index in [2.05, 4.69) is 10.3 Å². The molecule has 0 aliphatic carbocycles. The summed E-state index contributed by atoms with van der Waals surface area (Å²) in [6.45, 7) is 5.62. The van der Waals surface area contributed by atoms with Crippen LogP contribution in [0, 0.1) is 13.8 Å². The first-order chi connectivity index (χ1) is 8.97. The maximum absolute atomic E-state index is 12.0. The molecule has 19 heavy (non-hydrogen) atoms. The summed E-state index contributed by atoms with van der Waals surface area (Å²) in [7, 11) is 0. The topological polar surface area (TPSA) is 75.1 Å². The van der Waals surface area contributed by atoms with Crippen LogP contribution in [0.4, 0.5) is 0 Å². The Kier molecular flexibility index (Phi) is 3.55. The predicted molar refractivity (Wildman–Crippen MR) is 71.1 cm³/mol. The smallest absolute Gasteiger partial charge is 0.253 e. The van der Waals surface area contributed by atoms with Gasteiger partial charge in [-0.05, 0) is 32.9 Å². The summed E-state index contributed by atoms with van der Waals surface area (Å²) in [6, 6.07) is 4.57. The first-order valence-electron chi connectivity index (χ1n) is 6.04. The molecule has 1 atom stereocenters. The second-order valence-corrected chi connectivity index (χ2v) is 4.51. The molecule has 0 aromatic carbocycles. The van der Waals surface area contributed by atoms with Gasteiger partial charge in [-0.25, -0.2) is 0 Å². The predicted octanol–water partition coefficient (Wildman–Crippen LogP) is 2.08. The number of hydrogen-bond donors (Lipinski definition) is 2. The zero-order valence-corrected chi connectivity index (χ0v) is 11.1. The van der Waals surface area contributed by atoms with Crippen LogP contribution in [-0.4, -0.2) is 10.9 Å². The number of H-pyrrole nitrogens is 1. The number of nitrogens with one attached hydrogen (secondary N) is 2. The van der Waals surface area contributed by atoms with E-state index < -0.39 is 0 Å². The number of rotatable bonds is 3. The lowest BCUT2D eigenvalue weighted by molar-refractivity contribution is 0.0939. The van der Waals surface area contributed by atoms with Gasteiger partial charge in [0.25, 0.3) is 5.91 Å². The molecule has 2 heterocycles. The SMILES string of the molecule is Cc1cc(C(C)NC(=O)c2ccc(=O)[nH]c2)c(C)o1. The number of amides is 1. The van der Waals surface area contributed by atoms with Crippen LogP contribution in [0.25, 0.3) is 0 Å². The Morgan fingerprint density at radius 2 is 2.11 bits per heavy atom. The van der Waals surface area contributed by atoms with Gasteiger partial charge in [-0.3, -0.25) is 9.59 Å². The van der Waals surface area contributed by atoms with Gasteiger partial charge in [0, 0.05) is 17.8 Å². The average Bonchev–Trinajstić information content (AvgIpc) is 2.69. The van der Waals surface area contributed by atoms with Crippen LogP contribution in [0.5, 0.6) is 0 Å². The molecule has 0 aliphatic heterocycles. The fourth-order valence-electron chi connectivity index (χ4n) is 1.99. The number of carbonyl (C=O) groups is 1. The van der Waals surface area contributed by atoms with Gasteiger partial charge < -0.3 is 14.7 Å². The Balaban J connectivity index is 2.12. The molecule has 0 radical (unpaired) electrons. The van der Waals surface area contributed by atoms with Gasteiger partial charge in [-0.1, -0.05) is 0 Å². The van der Waals surface area contributed by atoms with Gasteiger partial charge in [0.15, 0.2) is 0 Å². The Labute approximate surface area is 110 Å². The molecule has 2 aromatic rings. The number of hydrogen-bond acceptors (Lipinski definition) is 3. The van der Waals surface area contributed by atoms with Crippen LogP contribution in [0.3, 0.4) is 0 Å². The quantitative estimate of drug-likeness (QED) is 0.887. The molecule has 1 unspecified atom stereocenters. The highest BCUT2D eigenvalue weighted by Crippen LogP contribution is 2.21. The highest BCUT2D eigenvalue weighted by Gasteiger charge is 2.15. The lowest BCUT2D eigenvalue weighted by atomic mass is 10.1. The second kappa shape index (κ2) is 5.14. The highest BCUT2D eigenvalue weighted by molar-refractivity contribution is 5.94. The minimum Gasteiger partial charge on any atom is -0.466 e. The molecule has 2 aromatic heterocycles. The van der Waals surface area contributed by atoms with Gasteiger partial charge in [0.1, 0.15) is 11.5 Å². The van der Waals surface area contributed by atoms with Crippen LogP contribution in [0.1, 0.15) is 40.4 Å². The molecule has 0 spiro atoms. The minimum atomic E-state index is -0.234. The zero-order chi connectivity index (χ0) is 14.0. The van der Waals surface area contributed by atoms with Crippen LogP contribution < -0.4 is 10.9 Å². The fraction of sp³-hybridized carbons (Fsp3) is 0.286. The highest BCUT2D eigenvalue weighted by atomic mass is 16.3. The number of aromatic amines is 1. The summed E-state index contributed by atoms with van der Waals surface area (Å²) in [5, 5.41) is 2.87. The summed E-state index contributed by atoms with van der Waals surface area (Å²) >= 11 is 0. The number of carbonyl (C=O) groups excluding carboxylic acids is 1. The summed E-state index contributed by atoms with van der Waals surface area (Å²) in [6.07, 6.45) is 1.40. The van der Waals surface area contributed by atoms with Crippen molar-refractivity contribution in [1.29, 1.82) is 0 Å². The molecule has 5 heteroatoms. The molecular formula is C14H16N2O3. The van der Waals surface area contributed by atoms with Gasteiger partial charge >= 0.3 is 0 Å². The molecule has 0 aliphatic rings. The molecule has 100 valence electrons. The molecule has 2 rings (SSSR count). The van der Waals surface area contributed by atoms with Crippen molar-refractivity contribution in [2.45, 2.75) is 26.8 Å². The minimum absolute atomic E-state index is 0.156. The summed E-state index contributed by atoms with van der Waals surface area (Å²) in [4.78, 5) is 25.4. The van der Waals surface area contributed by atoms with Crippen molar-refractivity contribution in [3.8, 4) is 0 Å². The van der Waals surface area contributed by atoms with Gasteiger partial charge in [-0.2, -0.15) is 0 Å². The van der Waals surface area contributed by atoms with Gasteiger partial charge in [0.2, 0.25) is 5.56 Å². The van der Waals surface area contributed by atoms with Crippen molar-refractivity contribution in [1.82, 2.24) is 10.3 Å². The molecule has 0 fully saturated rings. The average molecular weight is 260 g/mol. The van der Waals surface area contributed by atoms with Gasteiger partial charge in [0.05, 0.1) is 11.6 Å². The Hall–Kier alpha value is -2.30.